The maximum atomic E-state index is 13.1. The number of aromatic nitrogens is 1. The fourth-order valence-electron chi connectivity index (χ4n) is 3.48. The van der Waals surface area contributed by atoms with Crippen LogP contribution < -0.4 is 5.32 Å². The second-order valence-corrected chi connectivity index (χ2v) is 8.86. The molecule has 2 amide bonds. The molecular weight excluding hydrogens is 417 g/mol. The molecule has 1 heterocycles. The zero-order valence-electron chi connectivity index (χ0n) is 15.7. The van der Waals surface area contributed by atoms with Crippen molar-refractivity contribution in [3.8, 4) is 0 Å². The van der Waals surface area contributed by atoms with Crippen molar-refractivity contribution in [1.82, 2.24) is 9.88 Å². The molecule has 28 heavy (non-hydrogen) atoms. The van der Waals surface area contributed by atoms with Crippen LogP contribution in [0.4, 0.5) is 5.13 Å². The van der Waals surface area contributed by atoms with E-state index in [9.17, 15) is 9.59 Å². The largest absolute Gasteiger partial charge is 0.329 e. The molecule has 8 heteroatoms. The Kier molecular flexibility index (Phi) is 7.32. The minimum absolute atomic E-state index is 0.0348. The Morgan fingerprint density at radius 2 is 2.00 bits per heavy atom. The molecule has 3 rings (SSSR count). The molecule has 0 unspecified atom stereocenters. The molecule has 0 radical (unpaired) electrons. The van der Waals surface area contributed by atoms with Crippen LogP contribution >= 0.6 is 34.5 Å². The Labute approximate surface area is 179 Å². The number of nitrogens with one attached hydrogen (secondary N) is 1. The molecular formula is C20H23Cl2N3O2S. The van der Waals surface area contributed by atoms with Gasteiger partial charge in [-0.25, -0.2) is 4.98 Å². The third-order valence-electron chi connectivity index (χ3n) is 4.85. The van der Waals surface area contributed by atoms with Crippen LogP contribution in [0, 0.1) is 12.8 Å². The quantitative estimate of drug-likeness (QED) is 0.653. The number of carbonyl (C=O) groups is 2. The van der Waals surface area contributed by atoms with E-state index in [1.54, 1.807) is 23.1 Å². The van der Waals surface area contributed by atoms with Gasteiger partial charge in [-0.3, -0.25) is 9.59 Å². The Hall–Kier alpha value is -1.63. The number of halogens is 2. The van der Waals surface area contributed by atoms with Crippen LogP contribution in [0.1, 0.15) is 48.2 Å². The first-order valence-corrected chi connectivity index (χ1v) is 11.0. The number of amides is 2. The molecule has 1 fully saturated rings. The van der Waals surface area contributed by atoms with Gasteiger partial charge in [-0.15, -0.1) is 11.3 Å². The summed E-state index contributed by atoms with van der Waals surface area (Å²) < 4.78 is 0. The van der Waals surface area contributed by atoms with E-state index in [4.69, 9.17) is 23.2 Å². The minimum Gasteiger partial charge on any atom is -0.329 e. The summed E-state index contributed by atoms with van der Waals surface area (Å²) in [5.41, 5.74) is 1.21. The van der Waals surface area contributed by atoms with Crippen molar-refractivity contribution in [3.63, 3.8) is 0 Å². The first-order valence-electron chi connectivity index (χ1n) is 9.38. The molecule has 0 spiro atoms. The Balaban J connectivity index is 1.75. The van der Waals surface area contributed by atoms with Crippen molar-refractivity contribution in [2.45, 2.75) is 39.0 Å². The summed E-state index contributed by atoms with van der Waals surface area (Å²) in [6.07, 6.45) is 5.71. The minimum atomic E-state index is -0.261. The van der Waals surface area contributed by atoms with Gasteiger partial charge in [0.15, 0.2) is 5.13 Å². The molecule has 1 aliphatic carbocycles. The first-order chi connectivity index (χ1) is 13.4. The molecule has 5 nitrogen and oxygen atoms in total. The second kappa shape index (κ2) is 9.72. The van der Waals surface area contributed by atoms with Crippen LogP contribution in [-0.4, -0.2) is 34.8 Å². The number of anilines is 1. The van der Waals surface area contributed by atoms with Gasteiger partial charge >= 0.3 is 0 Å². The van der Waals surface area contributed by atoms with Crippen LogP contribution in [0.5, 0.6) is 0 Å². The van der Waals surface area contributed by atoms with Gasteiger partial charge in [-0.05, 0) is 43.9 Å². The molecule has 2 aromatic rings. The maximum Gasteiger partial charge on any atom is 0.255 e. The van der Waals surface area contributed by atoms with E-state index in [0.29, 0.717) is 33.2 Å². The lowest BCUT2D eigenvalue weighted by Gasteiger charge is -2.29. The highest BCUT2D eigenvalue weighted by Crippen LogP contribution is 2.27. The molecule has 1 saturated carbocycles. The van der Waals surface area contributed by atoms with Gasteiger partial charge in [-0.2, -0.15) is 0 Å². The molecule has 0 aliphatic heterocycles. The van der Waals surface area contributed by atoms with Crippen LogP contribution in [0.15, 0.2) is 23.6 Å². The standard InChI is InChI=1S/C20H23Cl2N3O2S/c1-13-12-28-20(23-13)24-18(26)11-25(10-14-5-3-2-4-6-14)19(27)16-8-7-15(21)9-17(16)22/h7-9,12,14H,2-6,10-11H2,1H3,(H,23,24,26). The fourth-order valence-corrected chi connectivity index (χ4v) is 4.67. The summed E-state index contributed by atoms with van der Waals surface area (Å²) in [5, 5.41) is 5.95. The predicted molar refractivity (Wildman–Crippen MR) is 114 cm³/mol. The Morgan fingerprint density at radius 1 is 1.25 bits per heavy atom. The zero-order valence-corrected chi connectivity index (χ0v) is 18.0. The predicted octanol–water partition coefficient (Wildman–Crippen LogP) is 5.42. The third kappa shape index (κ3) is 5.69. The lowest BCUT2D eigenvalue weighted by molar-refractivity contribution is -0.117. The molecule has 1 aromatic carbocycles. The summed E-state index contributed by atoms with van der Waals surface area (Å²) in [5.74, 6) is -0.111. The number of carbonyl (C=O) groups excluding carboxylic acids is 2. The average Bonchev–Trinajstić information content (AvgIpc) is 3.06. The van der Waals surface area contributed by atoms with Gasteiger partial charge < -0.3 is 10.2 Å². The van der Waals surface area contributed by atoms with Crippen molar-refractivity contribution in [2.75, 3.05) is 18.4 Å². The number of benzene rings is 1. The highest BCUT2D eigenvalue weighted by molar-refractivity contribution is 7.13. The summed E-state index contributed by atoms with van der Waals surface area (Å²) in [6.45, 7) is 2.38. The molecule has 0 saturated heterocycles. The van der Waals surface area contributed by atoms with Gasteiger partial charge in [0.05, 0.1) is 16.3 Å². The molecule has 1 aromatic heterocycles. The average molecular weight is 440 g/mol. The molecule has 0 atom stereocenters. The smallest absolute Gasteiger partial charge is 0.255 e. The number of rotatable bonds is 6. The number of hydrogen-bond donors (Lipinski definition) is 1. The highest BCUT2D eigenvalue weighted by atomic mass is 35.5. The summed E-state index contributed by atoms with van der Waals surface area (Å²) in [6, 6.07) is 4.80. The van der Waals surface area contributed by atoms with E-state index in [-0.39, 0.29) is 18.4 Å². The van der Waals surface area contributed by atoms with E-state index in [2.05, 4.69) is 10.3 Å². The van der Waals surface area contributed by atoms with E-state index in [1.165, 1.54) is 30.6 Å². The van der Waals surface area contributed by atoms with Crippen molar-refractivity contribution < 1.29 is 9.59 Å². The summed E-state index contributed by atoms with van der Waals surface area (Å²) in [4.78, 5) is 31.6. The van der Waals surface area contributed by atoms with E-state index >= 15 is 0 Å². The van der Waals surface area contributed by atoms with Crippen molar-refractivity contribution >= 4 is 51.5 Å². The van der Waals surface area contributed by atoms with Crippen LogP contribution in [-0.2, 0) is 4.79 Å². The first kappa shape index (κ1) is 21.1. The second-order valence-electron chi connectivity index (χ2n) is 7.16. The van der Waals surface area contributed by atoms with Crippen molar-refractivity contribution in [2.24, 2.45) is 5.92 Å². The molecule has 0 bridgehead atoms. The SMILES string of the molecule is Cc1csc(NC(=O)CN(CC2CCCCC2)C(=O)c2ccc(Cl)cc2Cl)n1. The van der Waals surface area contributed by atoms with Gasteiger partial charge in [0.2, 0.25) is 5.91 Å². The molecule has 1 N–H and O–H groups in total. The van der Waals surface area contributed by atoms with E-state index in [1.807, 2.05) is 12.3 Å². The Morgan fingerprint density at radius 3 is 2.64 bits per heavy atom. The summed E-state index contributed by atoms with van der Waals surface area (Å²) in [7, 11) is 0. The Bertz CT molecular complexity index is 850. The van der Waals surface area contributed by atoms with Crippen molar-refractivity contribution in [1.29, 1.82) is 0 Å². The van der Waals surface area contributed by atoms with Gasteiger partial charge in [0.1, 0.15) is 6.54 Å². The van der Waals surface area contributed by atoms with Crippen LogP contribution in [0.25, 0.3) is 0 Å². The monoisotopic (exact) mass is 439 g/mol. The van der Waals surface area contributed by atoms with Gasteiger partial charge in [0.25, 0.3) is 5.91 Å². The number of aryl methyl sites for hydroxylation is 1. The fraction of sp³-hybridized carbons (Fsp3) is 0.450. The lowest BCUT2D eigenvalue weighted by atomic mass is 9.89. The lowest BCUT2D eigenvalue weighted by Crippen LogP contribution is -2.41. The number of thiazole rings is 1. The number of nitrogens with zero attached hydrogens (tertiary/aromatic N) is 2. The van der Waals surface area contributed by atoms with E-state index < -0.39 is 0 Å². The topological polar surface area (TPSA) is 62.3 Å². The molecule has 1 aliphatic rings. The van der Waals surface area contributed by atoms with Gasteiger partial charge in [-0.1, -0.05) is 42.5 Å². The number of hydrogen-bond acceptors (Lipinski definition) is 4. The summed E-state index contributed by atoms with van der Waals surface area (Å²) >= 11 is 13.6. The van der Waals surface area contributed by atoms with Crippen LogP contribution in [0.2, 0.25) is 10.0 Å². The molecule has 150 valence electrons. The van der Waals surface area contributed by atoms with Gasteiger partial charge in [0, 0.05) is 16.9 Å². The maximum absolute atomic E-state index is 13.1. The third-order valence-corrected chi connectivity index (χ3v) is 6.28. The van der Waals surface area contributed by atoms with E-state index in [0.717, 1.165) is 18.5 Å². The van der Waals surface area contributed by atoms with Crippen LogP contribution in [0.3, 0.4) is 0 Å². The highest BCUT2D eigenvalue weighted by Gasteiger charge is 2.25. The normalized spacial score (nSPS) is 14.7. The van der Waals surface area contributed by atoms with Crippen molar-refractivity contribution in [3.05, 3.63) is 44.9 Å². The zero-order chi connectivity index (χ0) is 20.1.